The van der Waals surface area contributed by atoms with Crippen LogP contribution >= 0.6 is 11.5 Å². The molecule has 2 fully saturated rings. The Balaban J connectivity index is 1.64. The summed E-state index contributed by atoms with van der Waals surface area (Å²) < 4.78 is 4.36. The van der Waals surface area contributed by atoms with Crippen molar-refractivity contribution in [1.82, 2.24) is 14.3 Å². The molecule has 0 spiro atoms. The number of hydrogen-bond donors (Lipinski definition) is 1. The molecule has 1 aliphatic heterocycles. The largest absolute Gasteiger partial charge is 0.323 e. The van der Waals surface area contributed by atoms with Crippen LogP contribution in [-0.2, 0) is 5.41 Å². The Morgan fingerprint density at radius 3 is 2.59 bits per heavy atom. The Morgan fingerprint density at radius 1 is 1.23 bits per heavy atom. The van der Waals surface area contributed by atoms with E-state index in [4.69, 9.17) is 0 Å². The number of hydrogen-bond acceptors (Lipinski definition) is 4. The number of nitrogens with zero attached hydrogens (tertiary/aromatic N) is 3. The van der Waals surface area contributed by atoms with E-state index >= 15 is 0 Å². The zero-order valence-electron chi connectivity index (χ0n) is 13.8. The first-order chi connectivity index (χ1) is 10.4. The van der Waals surface area contributed by atoms with Crippen LogP contribution in [0.1, 0.15) is 65.1 Å². The van der Waals surface area contributed by atoms with Crippen molar-refractivity contribution >= 4 is 22.7 Å². The van der Waals surface area contributed by atoms with Gasteiger partial charge in [-0.2, -0.15) is 4.37 Å². The lowest BCUT2D eigenvalue weighted by Gasteiger charge is -2.29. The first kappa shape index (κ1) is 15.7. The molecule has 1 unspecified atom stereocenters. The number of rotatable bonds is 2. The van der Waals surface area contributed by atoms with Gasteiger partial charge in [0, 0.05) is 29.5 Å². The van der Waals surface area contributed by atoms with Crippen molar-refractivity contribution in [3.05, 3.63) is 5.82 Å². The van der Waals surface area contributed by atoms with E-state index in [1.807, 2.05) is 4.90 Å². The zero-order valence-corrected chi connectivity index (χ0v) is 14.6. The van der Waals surface area contributed by atoms with Crippen LogP contribution in [0.25, 0.3) is 0 Å². The molecule has 6 heteroatoms. The highest BCUT2D eigenvalue weighted by Crippen LogP contribution is 2.35. The van der Waals surface area contributed by atoms with Crippen LogP contribution in [0.15, 0.2) is 0 Å². The first-order valence-electron chi connectivity index (χ1n) is 8.37. The maximum absolute atomic E-state index is 12.6. The van der Waals surface area contributed by atoms with Crippen molar-refractivity contribution in [2.45, 2.75) is 70.8 Å². The van der Waals surface area contributed by atoms with Crippen LogP contribution in [0.3, 0.4) is 0 Å². The third kappa shape index (κ3) is 3.26. The second-order valence-electron chi connectivity index (χ2n) is 7.55. The number of anilines is 1. The van der Waals surface area contributed by atoms with Crippen LogP contribution in [0.4, 0.5) is 9.93 Å². The standard InChI is InChI=1S/C16H26N4OS/c1-16(2,3)13-17-14(22-19-13)18-15(21)20-10-6-9-12(20)11-7-4-5-8-11/h11-12H,4-10H2,1-3H3,(H,17,18,19,21). The summed E-state index contributed by atoms with van der Waals surface area (Å²) in [4.78, 5) is 19.1. The zero-order chi connectivity index (χ0) is 15.7. The normalized spacial score (nSPS) is 23.2. The molecule has 2 amide bonds. The van der Waals surface area contributed by atoms with Gasteiger partial charge in [0.15, 0.2) is 0 Å². The van der Waals surface area contributed by atoms with Crippen LogP contribution in [-0.4, -0.2) is 32.9 Å². The number of amides is 2. The maximum atomic E-state index is 12.6. The number of carbonyl (C=O) groups excluding carboxylic acids is 1. The molecule has 1 aliphatic carbocycles. The minimum atomic E-state index is -0.0838. The quantitative estimate of drug-likeness (QED) is 0.894. The third-order valence-corrected chi connectivity index (χ3v) is 5.45. The monoisotopic (exact) mass is 322 g/mol. The van der Waals surface area contributed by atoms with Gasteiger partial charge in [0.05, 0.1) is 0 Å². The van der Waals surface area contributed by atoms with E-state index in [1.165, 1.54) is 37.2 Å². The van der Waals surface area contributed by atoms with Crippen LogP contribution in [0, 0.1) is 5.92 Å². The summed E-state index contributed by atoms with van der Waals surface area (Å²) in [5.41, 5.74) is -0.0838. The number of urea groups is 1. The predicted octanol–water partition coefficient (Wildman–Crippen LogP) is 4.02. The fourth-order valence-corrected chi connectivity index (χ4v) is 4.37. The second kappa shape index (κ2) is 6.14. The third-order valence-electron chi connectivity index (χ3n) is 4.81. The Hall–Kier alpha value is -1.17. The topological polar surface area (TPSA) is 58.1 Å². The van der Waals surface area contributed by atoms with Gasteiger partial charge < -0.3 is 4.90 Å². The van der Waals surface area contributed by atoms with E-state index in [2.05, 4.69) is 35.4 Å². The van der Waals surface area contributed by atoms with Gasteiger partial charge in [-0.1, -0.05) is 33.6 Å². The molecule has 1 atom stereocenters. The van der Waals surface area contributed by atoms with Crippen molar-refractivity contribution in [1.29, 1.82) is 0 Å². The molecule has 1 saturated carbocycles. The summed E-state index contributed by atoms with van der Waals surface area (Å²) in [6.07, 6.45) is 7.48. The van der Waals surface area contributed by atoms with Gasteiger partial charge in [-0.3, -0.25) is 5.32 Å². The molecule has 3 rings (SSSR count). The van der Waals surface area contributed by atoms with Crippen molar-refractivity contribution in [3.8, 4) is 0 Å². The van der Waals surface area contributed by atoms with Crippen molar-refractivity contribution in [2.75, 3.05) is 11.9 Å². The maximum Gasteiger partial charge on any atom is 0.323 e. The van der Waals surface area contributed by atoms with E-state index in [-0.39, 0.29) is 11.4 Å². The molecule has 22 heavy (non-hydrogen) atoms. The smallest absolute Gasteiger partial charge is 0.321 e. The van der Waals surface area contributed by atoms with Gasteiger partial charge in [-0.05, 0) is 31.6 Å². The lowest BCUT2D eigenvalue weighted by atomic mass is 9.96. The fraction of sp³-hybridized carbons (Fsp3) is 0.812. The van der Waals surface area contributed by atoms with Crippen molar-refractivity contribution < 1.29 is 4.79 Å². The van der Waals surface area contributed by atoms with Gasteiger partial charge in [0.2, 0.25) is 5.13 Å². The fourth-order valence-electron chi connectivity index (χ4n) is 3.62. The van der Waals surface area contributed by atoms with Gasteiger partial charge in [-0.25, -0.2) is 9.78 Å². The number of aromatic nitrogens is 2. The first-order valence-corrected chi connectivity index (χ1v) is 9.14. The highest BCUT2D eigenvalue weighted by molar-refractivity contribution is 7.09. The van der Waals surface area contributed by atoms with Gasteiger partial charge in [0.25, 0.3) is 0 Å². The summed E-state index contributed by atoms with van der Waals surface area (Å²) in [7, 11) is 0. The van der Waals surface area contributed by atoms with Gasteiger partial charge in [-0.15, -0.1) is 0 Å². The lowest BCUT2D eigenvalue weighted by Crippen LogP contribution is -2.41. The minimum absolute atomic E-state index is 0.00556. The minimum Gasteiger partial charge on any atom is -0.321 e. The number of carbonyl (C=O) groups is 1. The Labute approximate surface area is 136 Å². The van der Waals surface area contributed by atoms with Crippen molar-refractivity contribution in [3.63, 3.8) is 0 Å². The van der Waals surface area contributed by atoms with Crippen LogP contribution in [0.5, 0.6) is 0 Å². The molecule has 1 saturated heterocycles. The lowest BCUT2D eigenvalue weighted by molar-refractivity contribution is 0.185. The molecule has 122 valence electrons. The van der Waals surface area contributed by atoms with Crippen LogP contribution < -0.4 is 5.32 Å². The molecule has 1 aromatic heterocycles. The summed E-state index contributed by atoms with van der Waals surface area (Å²) in [5, 5.41) is 3.58. The van der Waals surface area contributed by atoms with E-state index in [0.717, 1.165) is 25.2 Å². The average Bonchev–Trinajstić information content (AvgIpc) is 3.18. The van der Waals surface area contributed by atoms with E-state index in [0.29, 0.717) is 17.1 Å². The summed E-state index contributed by atoms with van der Waals surface area (Å²) in [5.74, 6) is 1.49. The SMILES string of the molecule is CC(C)(C)c1nsc(NC(=O)N2CCCC2C2CCCC2)n1. The van der Waals surface area contributed by atoms with Crippen molar-refractivity contribution in [2.24, 2.45) is 5.92 Å². The molecule has 2 aliphatic rings. The van der Waals surface area contributed by atoms with E-state index in [9.17, 15) is 4.79 Å². The highest BCUT2D eigenvalue weighted by Gasteiger charge is 2.36. The summed E-state index contributed by atoms with van der Waals surface area (Å²) in [6.45, 7) is 7.11. The summed E-state index contributed by atoms with van der Waals surface area (Å²) >= 11 is 1.28. The molecular weight excluding hydrogens is 296 g/mol. The Bertz CT molecular complexity index is 530. The molecule has 2 heterocycles. The van der Waals surface area contributed by atoms with E-state index in [1.54, 1.807) is 0 Å². The molecule has 0 bridgehead atoms. The molecule has 5 nitrogen and oxygen atoms in total. The molecular formula is C16H26N4OS. The Morgan fingerprint density at radius 2 is 1.95 bits per heavy atom. The van der Waals surface area contributed by atoms with E-state index < -0.39 is 0 Å². The summed E-state index contributed by atoms with van der Waals surface area (Å²) in [6, 6.07) is 0.434. The highest BCUT2D eigenvalue weighted by atomic mass is 32.1. The molecule has 0 aromatic carbocycles. The number of likely N-dealkylation sites (tertiary alicyclic amines) is 1. The molecule has 0 radical (unpaired) electrons. The Kier molecular flexibility index (Phi) is 4.39. The second-order valence-corrected chi connectivity index (χ2v) is 8.30. The van der Waals surface area contributed by atoms with Crippen LogP contribution in [0.2, 0.25) is 0 Å². The van der Waals surface area contributed by atoms with Gasteiger partial charge in [0.1, 0.15) is 5.82 Å². The molecule has 1 aromatic rings. The molecule has 1 N–H and O–H groups in total. The predicted molar refractivity (Wildman–Crippen MR) is 89.3 cm³/mol. The average molecular weight is 322 g/mol. The van der Waals surface area contributed by atoms with Gasteiger partial charge >= 0.3 is 6.03 Å². The number of nitrogens with one attached hydrogen (secondary N) is 1.